The third-order valence-electron chi connectivity index (χ3n) is 5.39. The number of unbranched alkanes of at least 4 members (excludes halogenated alkanes) is 6. The Balaban J connectivity index is 2.11. The van der Waals surface area contributed by atoms with Crippen molar-refractivity contribution >= 4 is 16.7 Å². The molecule has 2 aromatic carbocycles. The van der Waals surface area contributed by atoms with Gasteiger partial charge >= 0.3 is 5.97 Å². The van der Waals surface area contributed by atoms with Gasteiger partial charge in [0.1, 0.15) is 0 Å². The van der Waals surface area contributed by atoms with Crippen LogP contribution in [0, 0.1) is 0 Å². The minimum absolute atomic E-state index is 0.362. The Hall–Kier alpha value is -1.83. The molecule has 0 saturated heterocycles. The van der Waals surface area contributed by atoms with Gasteiger partial charge in [0, 0.05) is 0 Å². The first-order valence-electron chi connectivity index (χ1n) is 10.4. The third kappa shape index (κ3) is 6.16. The molecule has 0 saturated carbocycles. The van der Waals surface area contributed by atoms with Gasteiger partial charge < -0.3 is 5.11 Å². The zero-order valence-corrected chi connectivity index (χ0v) is 16.5. The van der Waals surface area contributed by atoms with Crippen molar-refractivity contribution in [2.75, 3.05) is 0 Å². The van der Waals surface area contributed by atoms with E-state index in [4.69, 9.17) is 5.11 Å². The predicted octanol–water partition coefficient (Wildman–Crippen LogP) is 7.56. The summed E-state index contributed by atoms with van der Waals surface area (Å²) in [6.07, 6.45) is 13.1. The largest absolute Gasteiger partial charge is 0.478 e. The maximum atomic E-state index is 11.2. The number of carboxylic acids is 1. The molecule has 0 aliphatic heterocycles. The molecule has 0 aliphatic rings. The molecule has 1 unspecified atom stereocenters. The normalized spacial score (nSPS) is 12.4. The fraction of sp³-hybridized carbons (Fsp3) is 0.542. The van der Waals surface area contributed by atoms with Crippen LogP contribution >= 0.6 is 0 Å². The highest BCUT2D eigenvalue weighted by Crippen LogP contribution is 2.31. The Bertz CT molecular complexity index is 690. The van der Waals surface area contributed by atoms with Gasteiger partial charge in [-0.1, -0.05) is 89.5 Å². The second-order valence-electron chi connectivity index (χ2n) is 7.52. The lowest BCUT2D eigenvalue weighted by Crippen LogP contribution is -2.00. The first-order valence-corrected chi connectivity index (χ1v) is 10.4. The molecule has 26 heavy (non-hydrogen) atoms. The van der Waals surface area contributed by atoms with E-state index < -0.39 is 5.97 Å². The molecule has 0 heterocycles. The SMILES string of the molecule is CCCCCCCC(CCCCC)c1ccc2cc(C(=O)O)ccc2c1. The molecule has 0 amide bonds. The average molecular weight is 355 g/mol. The van der Waals surface area contributed by atoms with Gasteiger partial charge in [0.25, 0.3) is 0 Å². The minimum Gasteiger partial charge on any atom is -0.478 e. The smallest absolute Gasteiger partial charge is 0.335 e. The lowest BCUT2D eigenvalue weighted by Gasteiger charge is -2.18. The van der Waals surface area contributed by atoms with E-state index in [0.717, 1.165) is 10.8 Å². The van der Waals surface area contributed by atoms with Gasteiger partial charge in [-0.2, -0.15) is 0 Å². The van der Waals surface area contributed by atoms with Gasteiger partial charge in [-0.3, -0.25) is 0 Å². The number of carboxylic acid groups (broad SMARTS) is 1. The molecule has 2 rings (SSSR count). The van der Waals surface area contributed by atoms with Crippen molar-refractivity contribution < 1.29 is 9.90 Å². The van der Waals surface area contributed by atoms with Crippen LogP contribution in [0.5, 0.6) is 0 Å². The van der Waals surface area contributed by atoms with Crippen LogP contribution in [-0.2, 0) is 0 Å². The maximum absolute atomic E-state index is 11.2. The zero-order valence-electron chi connectivity index (χ0n) is 16.5. The Morgan fingerprint density at radius 3 is 2.08 bits per heavy atom. The van der Waals surface area contributed by atoms with Crippen LogP contribution in [0.4, 0.5) is 0 Å². The van der Waals surface area contributed by atoms with Crippen molar-refractivity contribution in [3.8, 4) is 0 Å². The molecule has 2 nitrogen and oxygen atoms in total. The van der Waals surface area contributed by atoms with Gasteiger partial charge in [-0.15, -0.1) is 0 Å². The van der Waals surface area contributed by atoms with E-state index in [9.17, 15) is 4.79 Å². The van der Waals surface area contributed by atoms with Crippen LogP contribution in [0.3, 0.4) is 0 Å². The van der Waals surface area contributed by atoms with E-state index >= 15 is 0 Å². The number of benzene rings is 2. The van der Waals surface area contributed by atoms with E-state index in [2.05, 4.69) is 32.0 Å². The maximum Gasteiger partial charge on any atom is 0.335 e. The van der Waals surface area contributed by atoms with Gasteiger partial charge in [-0.05, 0) is 47.2 Å². The van der Waals surface area contributed by atoms with Crippen molar-refractivity contribution in [3.63, 3.8) is 0 Å². The molecule has 142 valence electrons. The van der Waals surface area contributed by atoms with Gasteiger partial charge in [0.05, 0.1) is 5.56 Å². The molecule has 2 heteroatoms. The van der Waals surface area contributed by atoms with E-state index in [1.165, 1.54) is 69.8 Å². The highest BCUT2D eigenvalue weighted by molar-refractivity contribution is 5.94. The molecule has 0 fully saturated rings. The highest BCUT2D eigenvalue weighted by atomic mass is 16.4. The quantitative estimate of drug-likeness (QED) is 0.399. The number of hydrogen-bond donors (Lipinski definition) is 1. The summed E-state index contributed by atoms with van der Waals surface area (Å²) in [4.78, 5) is 11.2. The summed E-state index contributed by atoms with van der Waals surface area (Å²) in [5, 5.41) is 11.3. The summed E-state index contributed by atoms with van der Waals surface area (Å²) < 4.78 is 0. The number of carbonyl (C=O) groups is 1. The van der Waals surface area contributed by atoms with Crippen LogP contribution in [0.1, 0.15) is 99.9 Å². The molecule has 0 aromatic heterocycles. The van der Waals surface area contributed by atoms with Crippen molar-refractivity contribution in [1.29, 1.82) is 0 Å². The first-order chi connectivity index (χ1) is 12.7. The van der Waals surface area contributed by atoms with Crippen LogP contribution in [0.15, 0.2) is 36.4 Å². The fourth-order valence-electron chi connectivity index (χ4n) is 3.76. The van der Waals surface area contributed by atoms with Crippen LogP contribution < -0.4 is 0 Å². The molecule has 2 aromatic rings. The highest BCUT2D eigenvalue weighted by Gasteiger charge is 2.12. The fourth-order valence-corrected chi connectivity index (χ4v) is 3.76. The number of fused-ring (bicyclic) bond motifs is 1. The molecule has 0 bridgehead atoms. The number of aromatic carboxylic acids is 1. The van der Waals surface area contributed by atoms with Gasteiger partial charge in [-0.25, -0.2) is 4.79 Å². The van der Waals surface area contributed by atoms with Crippen LogP contribution in [0.25, 0.3) is 10.8 Å². The number of rotatable bonds is 12. The summed E-state index contributed by atoms with van der Waals surface area (Å²) >= 11 is 0. The van der Waals surface area contributed by atoms with Gasteiger partial charge in [0.15, 0.2) is 0 Å². The Kier molecular flexibility index (Phi) is 8.67. The predicted molar refractivity (Wildman–Crippen MR) is 111 cm³/mol. The Labute approximate surface area is 158 Å². The summed E-state index contributed by atoms with van der Waals surface area (Å²) in [6.45, 7) is 4.52. The van der Waals surface area contributed by atoms with Crippen LogP contribution in [-0.4, -0.2) is 11.1 Å². The van der Waals surface area contributed by atoms with Crippen LogP contribution in [0.2, 0.25) is 0 Å². The summed E-state index contributed by atoms with van der Waals surface area (Å²) in [6, 6.07) is 12.0. The minimum atomic E-state index is -0.861. The van der Waals surface area contributed by atoms with Crippen molar-refractivity contribution in [2.24, 2.45) is 0 Å². The molecular weight excluding hydrogens is 320 g/mol. The number of hydrogen-bond acceptors (Lipinski definition) is 1. The third-order valence-corrected chi connectivity index (χ3v) is 5.39. The van der Waals surface area contributed by atoms with Crippen molar-refractivity contribution in [1.82, 2.24) is 0 Å². The van der Waals surface area contributed by atoms with Crippen molar-refractivity contribution in [3.05, 3.63) is 47.5 Å². The second kappa shape index (κ2) is 11.0. The second-order valence-corrected chi connectivity index (χ2v) is 7.52. The van der Waals surface area contributed by atoms with Gasteiger partial charge in [0.2, 0.25) is 0 Å². The lowest BCUT2D eigenvalue weighted by atomic mass is 9.87. The van der Waals surface area contributed by atoms with E-state index in [0.29, 0.717) is 11.5 Å². The van der Waals surface area contributed by atoms with E-state index in [1.54, 1.807) is 12.1 Å². The molecule has 1 N–H and O–H groups in total. The molecule has 0 radical (unpaired) electrons. The standard InChI is InChI=1S/C24H34O2/c1-3-5-7-8-10-12-19(11-9-6-4-2)20-13-14-22-18-23(24(25)26)16-15-21(22)17-20/h13-19H,3-12H2,1-2H3,(H,25,26). The monoisotopic (exact) mass is 354 g/mol. The molecule has 0 spiro atoms. The summed E-state index contributed by atoms with van der Waals surface area (Å²) in [7, 11) is 0. The molecular formula is C24H34O2. The van der Waals surface area contributed by atoms with E-state index in [-0.39, 0.29) is 0 Å². The lowest BCUT2D eigenvalue weighted by molar-refractivity contribution is 0.0697. The zero-order chi connectivity index (χ0) is 18.8. The average Bonchev–Trinajstić information content (AvgIpc) is 2.65. The summed E-state index contributed by atoms with van der Waals surface area (Å²) in [5.41, 5.74) is 1.79. The Morgan fingerprint density at radius 2 is 1.38 bits per heavy atom. The molecule has 0 aliphatic carbocycles. The molecule has 1 atom stereocenters. The Morgan fingerprint density at radius 1 is 0.808 bits per heavy atom. The first kappa shape index (κ1) is 20.5. The van der Waals surface area contributed by atoms with Crippen molar-refractivity contribution in [2.45, 2.75) is 84.0 Å². The topological polar surface area (TPSA) is 37.3 Å². The summed E-state index contributed by atoms with van der Waals surface area (Å²) in [5.74, 6) is -0.229. The van der Waals surface area contributed by atoms with E-state index in [1.807, 2.05) is 6.07 Å².